The Morgan fingerprint density at radius 3 is 2.21 bits per heavy atom. The van der Waals surface area contributed by atoms with E-state index in [0.717, 1.165) is 0 Å². The van der Waals surface area contributed by atoms with Crippen molar-refractivity contribution in [1.82, 2.24) is 0 Å². The monoisotopic (exact) mass is 190 g/mol. The predicted molar refractivity (Wildman–Crippen MR) is 61.4 cm³/mol. The summed E-state index contributed by atoms with van der Waals surface area (Å²) in [5, 5.41) is 0. The van der Waals surface area contributed by atoms with Crippen LogP contribution in [-0.2, 0) is 4.79 Å². The number of rotatable bonds is 3. The number of carbonyl (C=O) groups excluding carboxylic acids is 1. The van der Waals surface area contributed by atoms with Gasteiger partial charge in [-0.2, -0.15) is 0 Å². The van der Waals surface area contributed by atoms with Crippen LogP contribution in [0, 0.1) is 0 Å². The second-order valence-electron chi connectivity index (χ2n) is 3.09. The zero-order valence-electron chi connectivity index (χ0n) is 8.94. The van der Waals surface area contributed by atoms with Crippen LogP contribution in [0.25, 0.3) is 0 Å². The lowest BCUT2D eigenvalue weighted by molar-refractivity contribution is -0.104. The van der Waals surface area contributed by atoms with Crippen molar-refractivity contribution in [2.45, 2.75) is 26.2 Å². The number of aldehydes is 1. The second-order valence-corrected chi connectivity index (χ2v) is 3.09. The summed E-state index contributed by atoms with van der Waals surface area (Å²) in [7, 11) is 0. The van der Waals surface area contributed by atoms with Gasteiger partial charge < -0.3 is 0 Å². The van der Waals surface area contributed by atoms with Gasteiger partial charge in [0.1, 0.15) is 6.29 Å². The smallest absolute Gasteiger partial charge is 0.142 e. The van der Waals surface area contributed by atoms with Crippen LogP contribution < -0.4 is 0 Å². The molecule has 0 saturated carbocycles. The average molecular weight is 190 g/mol. The molecule has 0 aliphatic rings. The molecule has 1 atom stereocenters. The van der Waals surface area contributed by atoms with Crippen molar-refractivity contribution in [3.63, 3.8) is 0 Å². The van der Waals surface area contributed by atoms with Crippen LogP contribution in [0.5, 0.6) is 0 Å². The maximum absolute atomic E-state index is 9.06. The fraction of sp³-hybridized carbons (Fsp3) is 0.308. The van der Waals surface area contributed by atoms with E-state index in [2.05, 4.69) is 50.8 Å². The highest BCUT2D eigenvalue weighted by molar-refractivity contribution is 5.63. The van der Waals surface area contributed by atoms with Gasteiger partial charge in [-0.15, -0.1) is 0 Å². The first-order valence-electron chi connectivity index (χ1n) is 4.87. The molecule has 0 N–H and O–H groups in total. The van der Waals surface area contributed by atoms with Crippen molar-refractivity contribution in [1.29, 1.82) is 0 Å². The molecule has 1 nitrogen and oxygen atoms in total. The Morgan fingerprint density at radius 1 is 1.36 bits per heavy atom. The van der Waals surface area contributed by atoms with Gasteiger partial charge in [-0.25, -0.2) is 0 Å². The van der Waals surface area contributed by atoms with Gasteiger partial charge in [-0.05, 0) is 24.0 Å². The van der Waals surface area contributed by atoms with Gasteiger partial charge in [0.2, 0.25) is 0 Å². The van der Waals surface area contributed by atoms with Crippen molar-refractivity contribution in [2.75, 3.05) is 0 Å². The fourth-order valence-electron chi connectivity index (χ4n) is 1.02. The summed E-state index contributed by atoms with van der Waals surface area (Å²) in [6, 6.07) is 10.6. The normalized spacial score (nSPS) is 10.7. The van der Waals surface area contributed by atoms with Gasteiger partial charge in [-0.3, -0.25) is 4.79 Å². The molecule has 1 heteroatoms. The summed E-state index contributed by atoms with van der Waals surface area (Å²) in [4.78, 5) is 9.06. The molecule has 0 aliphatic carbocycles. The standard InChI is InChI=1S/C10H14.C3H4O/c1-3-9(2)10-7-5-4-6-8-10;1-2-3-4/h4-9H,3H2,1-2H3;2-3H,1H2. The highest BCUT2D eigenvalue weighted by Crippen LogP contribution is 2.16. The predicted octanol–water partition coefficient (Wildman–Crippen LogP) is 3.57. The van der Waals surface area contributed by atoms with Crippen molar-refractivity contribution in [2.24, 2.45) is 0 Å². The Balaban J connectivity index is 0.000000364. The van der Waals surface area contributed by atoms with Gasteiger partial charge in [0.05, 0.1) is 0 Å². The van der Waals surface area contributed by atoms with Crippen LogP contribution >= 0.6 is 0 Å². The van der Waals surface area contributed by atoms with Crippen molar-refractivity contribution >= 4 is 6.29 Å². The van der Waals surface area contributed by atoms with E-state index < -0.39 is 0 Å². The zero-order valence-corrected chi connectivity index (χ0v) is 8.94. The largest absolute Gasteiger partial charge is 0.299 e. The van der Waals surface area contributed by atoms with E-state index in [4.69, 9.17) is 4.79 Å². The van der Waals surface area contributed by atoms with Gasteiger partial charge in [0.25, 0.3) is 0 Å². The summed E-state index contributed by atoms with van der Waals surface area (Å²) in [6.07, 6.45) is 3.06. The molecule has 1 aromatic carbocycles. The summed E-state index contributed by atoms with van der Waals surface area (Å²) < 4.78 is 0. The zero-order chi connectivity index (χ0) is 10.8. The lowest BCUT2D eigenvalue weighted by atomic mass is 9.99. The summed E-state index contributed by atoms with van der Waals surface area (Å²) in [6.45, 7) is 7.59. The van der Waals surface area contributed by atoms with E-state index in [-0.39, 0.29) is 0 Å². The third kappa shape index (κ3) is 5.31. The van der Waals surface area contributed by atoms with E-state index in [1.807, 2.05) is 0 Å². The van der Waals surface area contributed by atoms with Crippen LogP contribution in [0.15, 0.2) is 43.0 Å². The lowest BCUT2D eigenvalue weighted by Gasteiger charge is -2.06. The number of hydrogen-bond donors (Lipinski definition) is 0. The number of hydrogen-bond acceptors (Lipinski definition) is 1. The second kappa shape index (κ2) is 8.24. The first-order valence-corrected chi connectivity index (χ1v) is 4.87. The van der Waals surface area contributed by atoms with Crippen molar-refractivity contribution in [3.05, 3.63) is 48.6 Å². The number of carbonyl (C=O) groups is 1. The van der Waals surface area contributed by atoms with E-state index in [1.165, 1.54) is 18.1 Å². The molecular weight excluding hydrogens is 172 g/mol. The Kier molecular flexibility index (Phi) is 7.43. The molecule has 0 fully saturated rings. The molecule has 76 valence electrons. The van der Waals surface area contributed by atoms with Crippen LogP contribution in [0.4, 0.5) is 0 Å². The van der Waals surface area contributed by atoms with Crippen LogP contribution in [0.3, 0.4) is 0 Å². The molecule has 1 aromatic rings. The summed E-state index contributed by atoms with van der Waals surface area (Å²) in [5.41, 5.74) is 1.45. The van der Waals surface area contributed by atoms with Crippen LogP contribution in [-0.4, -0.2) is 6.29 Å². The third-order valence-corrected chi connectivity index (χ3v) is 2.08. The van der Waals surface area contributed by atoms with Gasteiger partial charge >= 0.3 is 0 Å². The highest BCUT2D eigenvalue weighted by atomic mass is 16.1. The van der Waals surface area contributed by atoms with Crippen LogP contribution in [0.2, 0.25) is 0 Å². The summed E-state index contributed by atoms with van der Waals surface area (Å²) in [5.74, 6) is 0.709. The average Bonchev–Trinajstić information content (AvgIpc) is 2.29. The minimum Gasteiger partial charge on any atom is -0.299 e. The maximum atomic E-state index is 9.06. The first kappa shape index (κ1) is 12.6. The fourth-order valence-corrected chi connectivity index (χ4v) is 1.02. The molecule has 0 aromatic heterocycles. The summed E-state index contributed by atoms with van der Waals surface area (Å²) >= 11 is 0. The molecule has 0 saturated heterocycles. The molecule has 14 heavy (non-hydrogen) atoms. The Bertz CT molecular complexity index is 245. The minimum absolute atomic E-state index is 0.639. The minimum atomic E-state index is 0.639. The van der Waals surface area contributed by atoms with Crippen molar-refractivity contribution < 1.29 is 4.79 Å². The van der Waals surface area contributed by atoms with Gasteiger partial charge in [-0.1, -0.05) is 50.8 Å². The SMILES string of the molecule is C=CC=O.CCC(C)c1ccccc1. The molecule has 1 unspecified atom stereocenters. The number of benzene rings is 1. The molecule has 0 bridgehead atoms. The third-order valence-electron chi connectivity index (χ3n) is 2.08. The number of allylic oxidation sites excluding steroid dienone is 1. The Morgan fingerprint density at radius 2 is 1.86 bits per heavy atom. The molecule has 1 rings (SSSR count). The van der Waals surface area contributed by atoms with Crippen LogP contribution in [0.1, 0.15) is 31.7 Å². The highest BCUT2D eigenvalue weighted by Gasteiger charge is 1.98. The first-order chi connectivity index (χ1) is 6.76. The topological polar surface area (TPSA) is 17.1 Å². The van der Waals surface area contributed by atoms with E-state index in [1.54, 1.807) is 0 Å². The molecule has 0 radical (unpaired) electrons. The molecular formula is C13H18O. The van der Waals surface area contributed by atoms with E-state index >= 15 is 0 Å². The van der Waals surface area contributed by atoms with Gasteiger partial charge in [0, 0.05) is 0 Å². The van der Waals surface area contributed by atoms with E-state index in [9.17, 15) is 0 Å². The maximum Gasteiger partial charge on any atom is 0.142 e. The molecule has 0 amide bonds. The van der Waals surface area contributed by atoms with Gasteiger partial charge in [0.15, 0.2) is 0 Å². The van der Waals surface area contributed by atoms with Crippen molar-refractivity contribution in [3.8, 4) is 0 Å². The quantitative estimate of drug-likeness (QED) is 0.526. The molecule has 0 heterocycles. The van der Waals surface area contributed by atoms with E-state index in [0.29, 0.717) is 12.2 Å². The Labute approximate surface area is 86.5 Å². The lowest BCUT2D eigenvalue weighted by Crippen LogP contribution is -1.88. The molecule has 0 aliphatic heterocycles. The molecule has 0 spiro atoms. The Hall–Kier alpha value is -1.37.